The molecule has 3 heteroatoms. The average molecular weight is 1120 g/mol. The van der Waals surface area contributed by atoms with Gasteiger partial charge in [0, 0.05) is 17.8 Å². The van der Waals surface area contributed by atoms with E-state index in [0.29, 0.717) is 47.3 Å². The van der Waals surface area contributed by atoms with Gasteiger partial charge in [-0.3, -0.25) is 0 Å². The Bertz CT molecular complexity index is 1820. The van der Waals surface area contributed by atoms with E-state index in [1.807, 2.05) is 6.92 Å². The van der Waals surface area contributed by atoms with Crippen LogP contribution in [0.5, 0.6) is 0 Å². The summed E-state index contributed by atoms with van der Waals surface area (Å²) in [5.41, 5.74) is -0.574. The maximum absolute atomic E-state index is 12.5. The van der Waals surface area contributed by atoms with Crippen molar-refractivity contribution in [3.63, 3.8) is 0 Å². The smallest absolute Gasteiger partial charge is 0.171 e. The van der Waals surface area contributed by atoms with E-state index in [1.165, 1.54) is 122 Å². The number of hydrogen-bond acceptors (Lipinski definition) is 0. The van der Waals surface area contributed by atoms with Crippen molar-refractivity contribution in [2.24, 2.45) is 87.1 Å². The lowest BCUT2D eigenvalue weighted by Gasteiger charge is -2.37. The van der Waals surface area contributed by atoms with E-state index in [2.05, 4.69) is 69.2 Å². The largest absolute Gasteiger partial charge is 0.394 e. The van der Waals surface area contributed by atoms with Gasteiger partial charge in [-0.15, -0.1) is 0 Å². The van der Waals surface area contributed by atoms with Crippen LogP contribution in [0, 0.1) is 87.1 Å². The fourth-order valence-corrected chi connectivity index (χ4v) is 12.4. The second-order valence-corrected chi connectivity index (χ2v) is 29.3. The van der Waals surface area contributed by atoms with Crippen LogP contribution in [0.2, 0.25) is 0 Å². The topological polar surface area (TPSA) is 0 Å². The lowest BCUT2D eigenvalue weighted by molar-refractivity contribution is -0.229. The summed E-state index contributed by atoms with van der Waals surface area (Å²) >= 11 is 0. The SMILES string of the molecule is [2H]C([2H])(C)C1CCC(C)(C)CC1.[2H]C([2H])(C)C1CCC(C)CC1.[2H]C([2H])(C)C1CCCC1.[2H]C([2H])(C)C1CCCCC1.[2H]C1(C)CCC(C)(C(F)(F)F)CC1.[2H]C1(C)CCC(C)(C)CC1.[2H]C1(C)CCC(C)CC1.[2H]C1(C)CCC(C)CC1.[2H]C1(C)CCCCC1. The molecule has 0 aliphatic heterocycles. The van der Waals surface area contributed by atoms with Gasteiger partial charge in [-0.1, -0.05) is 323 Å². The van der Waals surface area contributed by atoms with Gasteiger partial charge in [0.15, 0.2) is 0 Å². The Morgan fingerprint density at radius 2 is 0.538 bits per heavy atom. The summed E-state index contributed by atoms with van der Waals surface area (Å²) in [6, 6.07) is 0. The molecular formula is C75H147F3. The highest BCUT2D eigenvalue weighted by molar-refractivity contribution is 4.87. The number of halogens is 3. The third-order valence-electron chi connectivity index (χ3n) is 20.3. The molecule has 0 aromatic rings. The van der Waals surface area contributed by atoms with Crippen LogP contribution in [0.15, 0.2) is 0 Å². The highest BCUT2D eigenvalue weighted by atomic mass is 19.4. The molecule has 0 aromatic heterocycles. The first kappa shape index (κ1) is 55.6. The van der Waals surface area contributed by atoms with Gasteiger partial charge in [0.1, 0.15) is 0 Å². The summed E-state index contributed by atoms with van der Waals surface area (Å²) in [4.78, 5) is 0. The van der Waals surface area contributed by atoms with Crippen LogP contribution in [-0.4, -0.2) is 6.18 Å². The number of alkyl halides is 3. The monoisotopic (exact) mass is 1120 g/mol. The molecular weight excluding hydrogens is 958 g/mol. The fourth-order valence-electron chi connectivity index (χ4n) is 12.4. The molecule has 0 amide bonds. The zero-order valence-corrected chi connectivity index (χ0v) is 55.5. The van der Waals surface area contributed by atoms with E-state index < -0.39 is 43.0 Å². The molecule has 0 saturated heterocycles. The summed E-state index contributed by atoms with van der Waals surface area (Å²) in [5.74, 6) is 2.86. The molecule has 0 nitrogen and oxygen atoms in total. The molecule has 9 fully saturated rings. The summed E-state index contributed by atoms with van der Waals surface area (Å²) in [7, 11) is 0. The van der Waals surface area contributed by atoms with Crippen LogP contribution < -0.4 is 0 Å². The van der Waals surface area contributed by atoms with Gasteiger partial charge in [-0.25, -0.2) is 0 Å². The van der Waals surface area contributed by atoms with Crippen molar-refractivity contribution in [3.05, 3.63) is 0 Å². The normalized spacial score (nSPS) is 38.6. The van der Waals surface area contributed by atoms with E-state index in [1.54, 1.807) is 34.6 Å². The van der Waals surface area contributed by atoms with Crippen molar-refractivity contribution >= 4 is 0 Å². The molecule has 9 aliphatic carbocycles. The van der Waals surface area contributed by atoms with Gasteiger partial charge in [0.05, 0.1) is 5.41 Å². The summed E-state index contributed by atoms with van der Waals surface area (Å²) in [5, 5.41) is 0. The standard InChI is InChI=1S/C10H20.C9H15F3.2C9H18.3C8H16.2C7H14/c1-4-9-5-7-10(2,3)8-6-9;1-7-3-5-8(2,6-4-7)9(10,11)12;1-8-4-6-9(2,3)7-5-8;1-3-9-6-4-8(2)5-7-9;2*1-7-3-5-8(2)6-4-7;1-2-8-6-4-3-5-7-8;1-7-5-3-2-4-6-7;1-2-7-5-3-4-6-7/h9H,4-8H2,1-3H3;7H,3-6H2,1-2H3;8H,4-7H2,1-3H3;8-9H,3-7H2,1-2H3;2*7-8H,3-6H2,1-2H3;8H,2-7H2,1H3;2*7H,2-6H2,1H3/i4D2;7D;8D;3D2;2*7D;2D2;7D;2D2. The van der Waals surface area contributed by atoms with Gasteiger partial charge >= 0.3 is 6.18 Å². The second-order valence-electron chi connectivity index (χ2n) is 29.3. The molecule has 0 aromatic carbocycles. The predicted molar refractivity (Wildman–Crippen MR) is 346 cm³/mol. The Hall–Kier alpha value is -0.210. The summed E-state index contributed by atoms with van der Waals surface area (Å²) in [6.45, 7) is 34.1. The van der Waals surface area contributed by atoms with E-state index in [4.69, 9.17) is 17.8 Å². The Kier molecular flexibility index (Phi) is 30.4. The van der Waals surface area contributed by atoms with E-state index >= 15 is 0 Å². The maximum atomic E-state index is 12.5. The summed E-state index contributed by atoms with van der Waals surface area (Å²) in [6.07, 6.45) is 33.0. The minimum atomic E-state index is -4.11. The molecule has 0 bridgehead atoms. The lowest BCUT2D eigenvalue weighted by atomic mass is 9.72. The van der Waals surface area contributed by atoms with Crippen molar-refractivity contribution in [3.8, 4) is 0 Å². The van der Waals surface area contributed by atoms with Gasteiger partial charge in [0.25, 0.3) is 0 Å². The molecule has 468 valence electrons. The van der Waals surface area contributed by atoms with Crippen LogP contribution in [0.25, 0.3) is 0 Å². The molecule has 0 spiro atoms. The predicted octanol–water partition coefficient (Wildman–Crippen LogP) is 27.6. The third kappa shape index (κ3) is 37.9. The van der Waals surface area contributed by atoms with Crippen LogP contribution in [0.1, 0.15) is 405 Å². The van der Waals surface area contributed by atoms with Gasteiger partial charge in [0.2, 0.25) is 0 Å². The van der Waals surface area contributed by atoms with Crippen molar-refractivity contribution in [1.29, 1.82) is 0 Å². The highest BCUT2D eigenvalue weighted by Crippen LogP contribution is 2.49. The Balaban J connectivity index is 0.000000514. The minimum absolute atomic E-state index is 0.0712. The third-order valence-corrected chi connectivity index (χ3v) is 20.3. The summed E-state index contributed by atoms with van der Waals surface area (Å²) < 4.78 is 136. The zero-order chi connectivity index (χ0) is 70.4. The molecule has 0 radical (unpaired) electrons. The zero-order valence-electron chi connectivity index (χ0n) is 68.5. The molecule has 78 heavy (non-hydrogen) atoms. The quantitative estimate of drug-likeness (QED) is 0.263. The van der Waals surface area contributed by atoms with Crippen LogP contribution in [0.3, 0.4) is 0 Å². The van der Waals surface area contributed by atoms with Crippen molar-refractivity contribution in [2.75, 3.05) is 0 Å². The molecule has 0 N–H and O–H groups in total. The van der Waals surface area contributed by atoms with Crippen LogP contribution in [-0.2, 0) is 0 Å². The first-order valence-corrected chi connectivity index (χ1v) is 33.6. The van der Waals surface area contributed by atoms with E-state index in [-0.39, 0.29) is 36.4 Å². The van der Waals surface area contributed by atoms with Crippen molar-refractivity contribution in [2.45, 2.75) is 393 Å². The van der Waals surface area contributed by atoms with Crippen molar-refractivity contribution < 1.29 is 31.0 Å². The Morgan fingerprint density at radius 3 is 0.795 bits per heavy atom. The van der Waals surface area contributed by atoms with Gasteiger partial charge in [-0.2, -0.15) is 13.2 Å². The number of hydrogen-bond donors (Lipinski definition) is 0. The second kappa shape index (κ2) is 42.6. The molecule has 9 rings (SSSR count). The van der Waals surface area contributed by atoms with E-state index in [0.717, 1.165) is 120 Å². The molecule has 0 unspecified atom stereocenters. The molecule has 9 saturated carbocycles. The lowest BCUT2D eigenvalue weighted by Crippen LogP contribution is -2.38. The molecule has 9 aliphatic rings. The maximum Gasteiger partial charge on any atom is 0.394 e. The first-order chi connectivity index (χ1) is 41.0. The van der Waals surface area contributed by atoms with Gasteiger partial charge < -0.3 is 0 Å². The Morgan fingerprint density at radius 1 is 0.308 bits per heavy atom. The Labute approximate surface area is 510 Å². The average Bonchev–Trinajstić information content (AvgIpc) is 1.93. The highest BCUT2D eigenvalue weighted by Gasteiger charge is 2.51. The van der Waals surface area contributed by atoms with Crippen molar-refractivity contribution in [1.82, 2.24) is 0 Å². The van der Waals surface area contributed by atoms with E-state index in [9.17, 15) is 13.2 Å². The van der Waals surface area contributed by atoms with Gasteiger partial charge in [-0.05, 0) is 146 Å². The fraction of sp³-hybridized carbons (Fsp3) is 1.00. The van der Waals surface area contributed by atoms with Crippen LogP contribution in [0.4, 0.5) is 13.2 Å². The molecule has 0 heterocycles. The van der Waals surface area contributed by atoms with Crippen LogP contribution >= 0.6 is 0 Å². The first-order valence-electron chi connectivity index (χ1n) is 40.1. The minimum Gasteiger partial charge on any atom is -0.171 e. The number of rotatable bonds is 4. The molecule has 0 atom stereocenters.